The van der Waals surface area contributed by atoms with Gasteiger partial charge in [-0.15, -0.1) is 0 Å². The van der Waals surface area contributed by atoms with Gasteiger partial charge in [-0.05, 0) is 73.2 Å². The van der Waals surface area contributed by atoms with Gasteiger partial charge in [-0.25, -0.2) is 0 Å². The van der Waals surface area contributed by atoms with Crippen molar-refractivity contribution in [2.45, 2.75) is 87.8 Å². The predicted molar refractivity (Wildman–Crippen MR) is 153 cm³/mol. The Labute approximate surface area is 228 Å². The van der Waals surface area contributed by atoms with Gasteiger partial charge in [0, 0.05) is 23.6 Å². The highest BCUT2D eigenvalue weighted by Gasteiger charge is 2.23. The van der Waals surface area contributed by atoms with Gasteiger partial charge in [-0.1, -0.05) is 44.6 Å². The van der Waals surface area contributed by atoms with E-state index in [1.807, 2.05) is 0 Å². The van der Waals surface area contributed by atoms with Crippen LogP contribution in [0.2, 0.25) is 0 Å². The SMILES string of the molecule is COc1ccc(C(CCCCCCN2Cc3cc(OC)c(OC)cc3C2)SC2CCCCC2)cc1OC. The molecule has 2 aromatic carbocycles. The summed E-state index contributed by atoms with van der Waals surface area (Å²) in [5.74, 6) is 3.32. The molecule has 1 aliphatic heterocycles. The monoisotopic (exact) mass is 527 g/mol. The van der Waals surface area contributed by atoms with Crippen LogP contribution in [0.1, 0.15) is 86.1 Å². The van der Waals surface area contributed by atoms with E-state index in [1.165, 1.54) is 80.9 Å². The average molecular weight is 528 g/mol. The van der Waals surface area contributed by atoms with Crippen LogP contribution in [0.4, 0.5) is 0 Å². The predicted octanol–water partition coefficient (Wildman–Crippen LogP) is 7.79. The Balaban J connectivity index is 1.25. The molecular formula is C31H45NO4S. The standard InChI is InChI=1S/C31H45NO4S/c1-33-27-16-15-23(18-28(27)34-2)31(37-26-12-8-7-9-13-26)14-10-5-6-11-17-32-21-24-19-29(35-3)30(36-4)20-25(24)22-32/h15-16,18-20,26,31H,5-14,17,21-22H2,1-4H3. The lowest BCUT2D eigenvalue weighted by atomic mass is 10.0. The highest BCUT2D eigenvalue weighted by Crippen LogP contribution is 2.43. The summed E-state index contributed by atoms with van der Waals surface area (Å²) in [6.07, 6.45) is 13.2. The summed E-state index contributed by atoms with van der Waals surface area (Å²) in [6.45, 7) is 3.17. The lowest BCUT2D eigenvalue weighted by Crippen LogP contribution is -2.17. The second kappa shape index (κ2) is 14.2. The lowest BCUT2D eigenvalue weighted by molar-refractivity contribution is 0.276. The molecule has 0 spiro atoms. The topological polar surface area (TPSA) is 40.2 Å². The minimum Gasteiger partial charge on any atom is -0.493 e. The van der Waals surface area contributed by atoms with E-state index in [0.717, 1.165) is 47.9 Å². The second-order valence-electron chi connectivity index (χ2n) is 10.4. The van der Waals surface area contributed by atoms with Crippen LogP contribution >= 0.6 is 11.8 Å². The second-order valence-corrected chi connectivity index (χ2v) is 11.9. The normalized spacial score (nSPS) is 16.9. The molecule has 204 valence electrons. The molecule has 1 fully saturated rings. The number of unbranched alkanes of at least 4 members (excludes halogenated alkanes) is 3. The Bertz CT molecular complexity index is 958. The van der Waals surface area contributed by atoms with Crippen LogP contribution in [-0.2, 0) is 13.1 Å². The van der Waals surface area contributed by atoms with Crippen molar-refractivity contribution in [2.24, 2.45) is 0 Å². The molecule has 6 heteroatoms. The molecule has 0 saturated heterocycles. The quantitative estimate of drug-likeness (QED) is 0.234. The van der Waals surface area contributed by atoms with E-state index in [9.17, 15) is 0 Å². The van der Waals surface area contributed by atoms with Gasteiger partial charge in [0.1, 0.15) is 0 Å². The van der Waals surface area contributed by atoms with Crippen molar-refractivity contribution in [1.29, 1.82) is 0 Å². The summed E-state index contributed by atoms with van der Waals surface area (Å²) >= 11 is 2.21. The fraction of sp³-hybridized carbons (Fsp3) is 0.613. The first-order chi connectivity index (χ1) is 18.1. The van der Waals surface area contributed by atoms with Crippen molar-refractivity contribution in [1.82, 2.24) is 4.90 Å². The maximum atomic E-state index is 5.62. The largest absolute Gasteiger partial charge is 0.493 e. The summed E-state index contributed by atoms with van der Waals surface area (Å²) in [6, 6.07) is 10.8. The lowest BCUT2D eigenvalue weighted by Gasteiger charge is -2.27. The smallest absolute Gasteiger partial charge is 0.161 e. The summed E-state index contributed by atoms with van der Waals surface area (Å²) in [4.78, 5) is 2.55. The molecule has 1 aliphatic carbocycles. The van der Waals surface area contributed by atoms with Crippen molar-refractivity contribution in [3.63, 3.8) is 0 Å². The van der Waals surface area contributed by atoms with Crippen LogP contribution in [0.5, 0.6) is 23.0 Å². The molecule has 1 heterocycles. The van der Waals surface area contributed by atoms with Crippen molar-refractivity contribution in [2.75, 3.05) is 35.0 Å². The molecule has 0 aromatic heterocycles. The van der Waals surface area contributed by atoms with Gasteiger partial charge in [0.2, 0.25) is 0 Å². The first-order valence-corrected chi connectivity index (χ1v) is 14.9. The average Bonchev–Trinajstić information content (AvgIpc) is 3.35. The highest BCUT2D eigenvalue weighted by atomic mass is 32.2. The highest BCUT2D eigenvalue weighted by molar-refractivity contribution is 8.00. The molecule has 0 radical (unpaired) electrons. The zero-order valence-corrected chi connectivity index (χ0v) is 24.0. The molecule has 1 unspecified atom stereocenters. The number of hydrogen-bond acceptors (Lipinski definition) is 6. The third kappa shape index (κ3) is 7.51. The van der Waals surface area contributed by atoms with Crippen molar-refractivity contribution >= 4 is 11.8 Å². The van der Waals surface area contributed by atoms with Gasteiger partial charge in [-0.2, -0.15) is 11.8 Å². The minimum atomic E-state index is 0.529. The van der Waals surface area contributed by atoms with Gasteiger partial charge < -0.3 is 18.9 Å². The van der Waals surface area contributed by atoms with E-state index < -0.39 is 0 Å². The first kappa shape index (κ1) is 28.0. The number of nitrogens with zero attached hydrogens (tertiary/aromatic N) is 1. The maximum Gasteiger partial charge on any atom is 0.161 e. The maximum absolute atomic E-state index is 5.62. The summed E-state index contributed by atoms with van der Waals surface area (Å²) < 4.78 is 22.1. The Hall–Kier alpha value is -2.05. The number of benzene rings is 2. The third-order valence-electron chi connectivity index (χ3n) is 7.87. The van der Waals surface area contributed by atoms with Crippen LogP contribution in [-0.4, -0.2) is 45.1 Å². The van der Waals surface area contributed by atoms with Crippen LogP contribution in [0.15, 0.2) is 30.3 Å². The molecule has 2 aliphatic rings. The Kier molecular flexibility index (Phi) is 10.7. The van der Waals surface area contributed by atoms with Gasteiger partial charge in [0.25, 0.3) is 0 Å². The van der Waals surface area contributed by atoms with E-state index in [1.54, 1.807) is 28.4 Å². The van der Waals surface area contributed by atoms with Crippen LogP contribution in [0, 0.1) is 0 Å². The number of fused-ring (bicyclic) bond motifs is 1. The zero-order valence-electron chi connectivity index (χ0n) is 23.2. The van der Waals surface area contributed by atoms with E-state index in [2.05, 4.69) is 47.0 Å². The van der Waals surface area contributed by atoms with E-state index >= 15 is 0 Å². The number of ether oxygens (including phenoxy) is 4. The molecule has 4 rings (SSSR count). The number of rotatable bonds is 14. The van der Waals surface area contributed by atoms with Crippen molar-refractivity contribution in [3.8, 4) is 23.0 Å². The fourth-order valence-electron chi connectivity index (χ4n) is 5.77. The first-order valence-electron chi connectivity index (χ1n) is 14.0. The van der Waals surface area contributed by atoms with Crippen LogP contribution in [0.25, 0.3) is 0 Å². The molecule has 0 bridgehead atoms. The number of methoxy groups -OCH3 is 4. The Morgan fingerprint density at radius 2 is 1.32 bits per heavy atom. The van der Waals surface area contributed by atoms with E-state index in [0.29, 0.717) is 5.25 Å². The summed E-state index contributed by atoms with van der Waals surface area (Å²) in [7, 11) is 6.86. The van der Waals surface area contributed by atoms with Gasteiger partial charge >= 0.3 is 0 Å². The van der Waals surface area contributed by atoms with Gasteiger partial charge in [0.15, 0.2) is 23.0 Å². The van der Waals surface area contributed by atoms with Gasteiger partial charge in [0.05, 0.1) is 28.4 Å². The van der Waals surface area contributed by atoms with E-state index in [4.69, 9.17) is 18.9 Å². The minimum absolute atomic E-state index is 0.529. The zero-order chi connectivity index (χ0) is 26.0. The summed E-state index contributed by atoms with van der Waals surface area (Å²) in [5, 5.41) is 1.32. The molecule has 1 atom stereocenters. The Morgan fingerprint density at radius 1 is 0.730 bits per heavy atom. The van der Waals surface area contributed by atoms with Crippen LogP contribution in [0.3, 0.4) is 0 Å². The molecule has 2 aromatic rings. The fourth-order valence-corrected chi connectivity index (χ4v) is 7.45. The van der Waals surface area contributed by atoms with Crippen molar-refractivity contribution < 1.29 is 18.9 Å². The van der Waals surface area contributed by atoms with E-state index in [-0.39, 0.29) is 0 Å². The number of thioether (sulfide) groups is 1. The molecular weight excluding hydrogens is 482 g/mol. The molecule has 37 heavy (non-hydrogen) atoms. The molecule has 1 saturated carbocycles. The molecule has 0 amide bonds. The number of hydrogen-bond donors (Lipinski definition) is 0. The summed E-state index contributed by atoms with van der Waals surface area (Å²) in [5.41, 5.74) is 4.12. The van der Waals surface area contributed by atoms with Gasteiger partial charge in [-0.3, -0.25) is 4.90 Å². The molecule has 0 N–H and O–H groups in total. The van der Waals surface area contributed by atoms with Crippen molar-refractivity contribution in [3.05, 3.63) is 47.0 Å². The molecule has 5 nitrogen and oxygen atoms in total. The van der Waals surface area contributed by atoms with Crippen LogP contribution < -0.4 is 18.9 Å². The Morgan fingerprint density at radius 3 is 1.95 bits per heavy atom. The third-order valence-corrected chi connectivity index (χ3v) is 9.57.